The van der Waals surface area contributed by atoms with Crippen molar-refractivity contribution in [3.8, 4) is 0 Å². The second kappa shape index (κ2) is 7.19. The standard InChI is InChI=1S/C15H11BrF2N2O3/c1-23-15(22)20-13-7-9(3-5-11(13)17)19-14(21)8-2-4-10(16)12(18)6-8/h2-7H,1H3,(H,19,21)(H,20,22). The number of hydrogen-bond donors (Lipinski definition) is 2. The largest absolute Gasteiger partial charge is 0.453 e. The van der Waals surface area contributed by atoms with Gasteiger partial charge in [0.1, 0.15) is 11.6 Å². The number of anilines is 2. The maximum absolute atomic E-state index is 13.6. The lowest BCUT2D eigenvalue weighted by Crippen LogP contribution is -2.14. The molecule has 2 N–H and O–H groups in total. The Morgan fingerprint density at radius 3 is 2.43 bits per heavy atom. The van der Waals surface area contributed by atoms with Crippen LogP contribution in [0.2, 0.25) is 0 Å². The molecule has 0 saturated heterocycles. The quantitative estimate of drug-likeness (QED) is 0.834. The smallest absolute Gasteiger partial charge is 0.411 e. The first-order valence-corrected chi connectivity index (χ1v) is 7.11. The topological polar surface area (TPSA) is 67.4 Å². The number of carbonyl (C=O) groups is 2. The van der Waals surface area contributed by atoms with Gasteiger partial charge in [-0.15, -0.1) is 0 Å². The SMILES string of the molecule is COC(=O)Nc1cc(NC(=O)c2ccc(Br)c(F)c2)ccc1F. The van der Waals surface area contributed by atoms with E-state index >= 15 is 0 Å². The minimum Gasteiger partial charge on any atom is -0.453 e. The van der Waals surface area contributed by atoms with Crippen LogP contribution in [0, 0.1) is 11.6 Å². The van der Waals surface area contributed by atoms with Gasteiger partial charge in [-0.05, 0) is 52.3 Å². The van der Waals surface area contributed by atoms with Gasteiger partial charge in [-0.3, -0.25) is 10.1 Å². The van der Waals surface area contributed by atoms with E-state index in [1.807, 2.05) is 0 Å². The van der Waals surface area contributed by atoms with Crippen LogP contribution >= 0.6 is 15.9 Å². The Kier molecular flexibility index (Phi) is 5.28. The van der Waals surface area contributed by atoms with Gasteiger partial charge < -0.3 is 10.1 Å². The number of benzene rings is 2. The van der Waals surface area contributed by atoms with Gasteiger partial charge in [0, 0.05) is 11.3 Å². The Bertz CT molecular complexity index is 768. The Morgan fingerprint density at radius 2 is 1.78 bits per heavy atom. The molecule has 120 valence electrons. The average Bonchev–Trinajstić information content (AvgIpc) is 2.53. The number of amides is 2. The molecule has 0 spiro atoms. The normalized spacial score (nSPS) is 10.1. The van der Waals surface area contributed by atoms with Crippen LogP contribution in [0.1, 0.15) is 10.4 Å². The van der Waals surface area contributed by atoms with E-state index in [-0.39, 0.29) is 21.4 Å². The molecule has 0 atom stereocenters. The first-order chi connectivity index (χ1) is 10.9. The van der Waals surface area contributed by atoms with Crippen molar-refractivity contribution < 1.29 is 23.1 Å². The molecule has 0 aliphatic rings. The highest BCUT2D eigenvalue weighted by atomic mass is 79.9. The van der Waals surface area contributed by atoms with Crippen LogP contribution in [0.15, 0.2) is 40.9 Å². The summed E-state index contributed by atoms with van der Waals surface area (Å²) in [4.78, 5) is 23.2. The van der Waals surface area contributed by atoms with Crippen molar-refractivity contribution in [1.82, 2.24) is 0 Å². The van der Waals surface area contributed by atoms with Gasteiger partial charge in [-0.1, -0.05) is 0 Å². The fourth-order valence-electron chi connectivity index (χ4n) is 1.70. The fourth-order valence-corrected chi connectivity index (χ4v) is 1.95. The number of ether oxygens (including phenoxy) is 1. The molecule has 2 rings (SSSR count). The molecule has 2 aromatic rings. The highest BCUT2D eigenvalue weighted by Crippen LogP contribution is 2.21. The van der Waals surface area contributed by atoms with E-state index in [0.29, 0.717) is 0 Å². The number of hydrogen-bond acceptors (Lipinski definition) is 3. The third kappa shape index (κ3) is 4.26. The zero-order chi connectivity index (χ0) is 17.0. The number of methoxy groups -OCH3 is 1. The van der Waals surface area contributed by atoms with E-state index in [0.717, 1.165) is 19.2 Å². The van der Waals surface area contributed by atoms with Crippen molar-refractivity contribution in [1.29, 1.82) is 0 Å². The molecule has 8 heteroatoms. The first-order valence-electron chi connectivity index (χ1n) is 6.31. The lowest BCUT2D eigenvalue weighted by molar-refractivity contribution is 0.102. The highest BCUT2D eigenvalue weighted by molar-refractivity contribution is 9.10. The summed E-state index contributed by atoms with van der Waals surface area (Å²) < 4.78 is 31.6. The Morgan fingerprint density at radius 1 is 1.04 bits per heavy atom. The van der Waals surface area contributed by atoms with E-state index < -0.39 is 23.6 Å². The highest BCUT2D eigenvalue weighted by Gasteiger charge is 2.12. The summed E-state index contributed by atoms with van der Waals surface area (Å²) in [5, 5.41) is 4.66. The zero-order valence-electron chi connectivity index (χ0n) is 11.8. The Hall–Kier alpha value is -2.48. The Balaban J connectivity index is 2.19. The van der Waals surface area contributed by atoms with Crippen LogP contribution in [0.3, 0.4) is 0 Å². The molecule has 0 aliphatic carbocycles. The Labute approximate surface area is 138 Å². The van der Waals surface area contributed by atoms with Gasteiger partial charge in [-0.2, -0.15) is 0 Å². The van der Waals surface area contributed by atoms with Crippen LogP contribution in [-0.4, -0.2) is 19.1 Å². The van der Waals surface area contributed by atoms with Crippen LogP contribution in [-0.2, 0) is 4.74 Å². The number of carbonyl (C=O) groups excluding carboxylic acids is 2. The third-order valence-electron chi connectivity index (χ3n) is 2.83. The molecule has 0 unspecified atom stereocenters. The minimum atomic E-state index is -0.845. The molecule has 2 amide bonds. The van der Waals surface area contributed by atoms with E-state index in [1.54, 1.807) is 0 Å². The minimum absolute atomic E-state index is 0.0949. The van der Waals surface area contributed by atoms with Crippen LogP contribution in [0.5, 0.6) is 0 Å². The zero-order valence-corrected chi connectivity index (χ0v) is 13.4. The number of nitrogens with one attached hydrogen (secondary N) is 2. The fraction of sp³-hybridized carbons (Fsp3) is 0.0667. The molecule has 0 radical (unpaired) electrons. The lowest BCUT2D eigenvalue weighted by atomic mass is 10.2. The van der Waals surface area contributed by atoms with E-state index in [2.05, 4.69) is 31.3 Å². The van der Waals surface area contributed by atoms with Crippen molar-refractivity contribution >= 4 is 39.3 Å². The molecule has 0 aromatic heterocycles. The van der Waals surface area contributed by atoms with Gasteiger partial charge in [0.25, 0.3) is 5.91 Å². The molecular weight excluding hydrogens is 374 g/mol. The van der Waals surface area contributed by atoms with E-state index in [1.165, 1.54) is 24.3 Å². The van der Waals surface area contributed by atoms with Gasteiger partial charge in [-0.25, -0.2) is 13.6 Å². The molecule has 23 heavy (non-hydrogen) atoms. The molecule has 0 bridgehead atoms. The van der Waals surface area contributed by atoms with Crippen molar-refractivity contribution in [2.24, 2.45) is 0 Å². The molecule has 0 saturated carbocycles. The third-order valence-corrected chi connectivity index (χ3v) is 3.47. The van der Waals surface area contributed by atoms with Gasteiger partial charge in [0.05, 0.1) is 17.3 Å². The summed E-state index contributed by atoms with van der Waals surface area (Å²) in [5.41, 5.74) is 0.167. The van der Waals surface area contributed by atoms with Gasteiger partial charge in [0.15, 0.2) is 0 Å². The van der Waals surface area contributed by atoms with E-state index in [4.69, 9.17) is 0 Å². The summed E-state index contributed by atoms with van der Waals surface area (Å²) in [6.45, 7) is 0. The predicted molar refractivity (Wildman–Crippen MR) is 84.5 cm³/mol. The number of rotatable bonds is 3. The van der Waals surface area contributed by atoms with Crippen LogP contribution < -0.4 is 10.6 Å². The number of halogens is 3. The molecule has 0 fully saturated rings. The van der Waals surface area contributed by atoms with Crippen LogP contribution in [0.4, 0.5) is 25.0 Å². The predicted octanol–water partition coefficient (Wildman–Crippen LogP) is 4.16. The van der Waals surface area contributed by atoms with E-state index in [9.17, 15) is 18.4 Å². The summed E-state index contributed by atoms with van der Waals surface area (Å²) in [7, 11) is 1.14. The summed E-state index contributed by atoms with van der Waals surface area (Å²) in [5.74, 6) is -1.85. The second-order valence-electron chi connectivity index (χ2n) is 4.39. The monoisotopic (exact) mass is 384 g/mol. The van der Waals surface area contributed by atoms with Crippen LogP contribution in [0.25, 0.3) is 0 Å². The van der Waals surface area contributed by atoms with Crippen molar-refractivity contribution in [3.63, 3.8) is 0 Å². The molecule has 2 aromatic carbocycles. The molecule has 5 nitrogen and oxygen atoms in total. The van der Waals surface area contributed by atoms with Crippen molar-refractivity contribution in [2.45, 2.75) is 0 Å². The average molecular weight is 385 g/mol. The molecule has 0 heterocycles. The molecule has 0 aliphatic heterocycles. The summed E-state index contributed by atoms with van der Waals surface area (Å²) in [6, 6.07) is 7.50. The van der Waals surface area contributed by atoms with Gasteiger partial charge >= 0.3 is 6.09 Å². The molecular formula is C15H11BrF2N2O3. The maximum Gasteiger partial charge on any atom is 0.411 e. The lowest BCUT2D eigenvalue weighted by Gasteiger charge is -2.09. The summed E-state index contributed by atoms with van der Waals surface area (Å²) >= 11 is 2.99. The summed E-state index contributed by atoms with van der Waals surface area (Å²) in [6.07, 6.45) is -0.845. The second-order valence-corrected chi connectivity index (χ2v) is 5.25. The van der Waals surface area contributed by atoms with Crippen molar-refractivity contribution in [2.75, 3.05) is 17.7 Å². The first kappa shape index (κ1) is 16.9. The van der Waals surface area contributed by atoms with Gasteiger partial charge in [0.2, 0.25) is 0 Å². The van der Waals surface area contributed by atoms with Crippen molar-refractivity contribution in [3.05, 3.63) is 58.1 Å². The maximum atomic E-state index is 13.6.